The number of likely N-dealkylation sites (N-methyl/N-ethyl adjacent to an activating group) is 1. The van der Waals surface area contributed by atoms with E-state index < -0.39 is 0 Å². The maximum absolute atomic E-state index is 4.71. The van der Waals surface area contributed by atoms with Crippen molar-refractivity contribution in [2.24, 2.45) is 7.05 Å². The normalized spacial score (nSPS) is 12.7. The van der Waals surface area contributed by atoms with Crippen LogP contribution in [0.3, 0.4) is 0 Å². The van der Waals surface area contributed by atoms with Gasteiger partial charge in [-0.3, -0.25) is 0 Å². The summed E-state index contributed by atoms with van der Waals surface area (Å²) in [6, 6.07) is 10.2. The average molecular weight is 267 g/mol. The van der Waals surface area contributed by atoms with Gasteiger partial charge in [-0.05, 0) is 25.2 Å². The fourth-order valence-electron chi connectivity index (χ4n) is 2.42. The van der Waals surface area contributed by atoms with Gasteiger partial charge in [0.15, 0.2) is 0 Å². The molecule has 3 rings (SSSR count). The lowest BCUT2D eigenvalue weighted by Crippen LogP contribution is -2.21. The van der Waals surface area contributed by atoms with Gasteiger partial charge in [-0.2, -0.15) is 0 Å². The van der Waals surface area contributed by atoms with Crippen molar-refractivity contribution in [1.29, 1.82) is 0 Å². The standard InChI is InChI=1S/C15H17N5/c1-16-13(11-7-8-17-10-18-11)9-15-19-12-5-3-4-6-14(12)20(15)2/h3-8,10,13,16H,9H2,1-2H3. The quantitative estimate of drug-likeness (QED) is 0.784. The predicted molar refractivity (Wildman–Crippen MR) is 78.3 cm³/mol. The molecule has 0 saturated heterocycles. The van der Waals surface area contributed by atoms with E-state index in [4.69, 9.17) is 4.98 Å². The van der Waals surface area contributed by atoms with Gasteiger partial charge in [0.25, 0.3) is 0 Å². The monoisotopic (exact) mass is 267 g/mol. The molecule has 0 aliphatic heterocycles. The Morgan fingerprint density at radius 1 is 1.25 bits per heavy atom. The van der Waals surface area contributed by atoms with Crippen molar-refractivity contribution in [3.63, 3.8) is 0 Å². The molecule has 20 heavy (non-hydrogen) atoms. The third-order valence-corrected chi connectivity index (χ3v) is 3.58. The van der Waals surface area contributed by atoms with E-state index in [1.165, 1.54) is 0 Å². The first kappa shape index (κ1) is 12.7. The second-order valence-electron chi connectivity index (χ2n) is 4.76. The molecule has 0 aliphatic rings. The van der Waals surface area contributed by atoms with E-state index in [2.05, 4.69) is 33.0 Å². The highest BCUT2D eigenvalue weighted by atomic mass is 15.1. The summed E-state index contributed by atoms with van der Waals surface area (Å²) >= 11 is 0. The predicted octanol–water partition coefficient (Wildman–Crippen LogP) is 1.87. The minimum Gasteiger partial charge on any atom is -0.331 e. The molecule has 5 heteroatoms. The number of hydrogen-bond donors (Lipinski definition) is 1. The van der Waals surface area contributed by atoms with Gasteiger partial charge in [0.05, 0.1) is 22.8 Å². The summed E-state index contributed by atoms with van der Waals surface area (Å²) in [7, 11) is 3.99. The van der Waals surface area contributed by atoms with E-state index in [0.29, 0.717) is 0 Å². The van der Waals surface area contributed by atoms with E-state index in [0.717, 1.165) is 29.0 Å². The second-order valence-corrected chi connectivity index (χ2v) is 4.76. The molecule has 1 aromatic carbocycles. The highest BCUT2D eigenvalue weighted by Crippen LogP contribution is 2.19. The van der Waals surface area contributed by atoms with E-state index in [-0.39, 0.29) is 6.04 Å². The van der Waals surface area contributed by atoms with Crippen LogP contribution in [0.25, 0.3) is 11.0 Å². The molecule has 1 atom stereocenters. The Bertz CT molecular complexity index is 705. The lowest BCUT2D eigenvalue weighted by atomic mass is 10.1. The summed E-state index contributed by atoms with van der Waals surface area (Å²) in [5.41, 5.74) is 3.16. The first-order chi connectivity index (χ1) is 9.79. The van der Waals surface area contributed by atoms with Gasteiger partial charge in [-0.25, -0.2) is 15.0 Å². The number of fused-ring (bicyclic) bond motifs is 1. The number of rotatable bonds is 4. The molecule has 0 radical (unpaired) electrons. The van der Waals surface area contributed by atoms with Crippen molar-refractivity contribution in [2.75, 3.05) is 7.05 Å². The van der Waals surface area contributed by atoms with Crippen molar-refractivity contribution in [1.82, 2.24) is 24.8 Å². The summed E-state index contributed by atoms with van der Waals surface area (Å²) in [6.45, 7) is 0. The Labute approximate surface area is 117 Å². The SMILES string of the molecule is CNC(Cc1nc2ccccc2n1C)c1ccncn1. The first-order valence-electron chi connectivity index (χ1n) is 6.63. The summed E-state index contributed by atoms with van der Waals surface area (Å²) in [5, 5.41) is 3.29. The molecule has 102 valence electrons. The molecule has 1 N–H and O–H groups in total. The maximum atomic E-state index is 4.71. The van der Waals surface area contributed by atoms with Gasteiger partial charge in [0.1, 0.15) is 12.2 Å². The molecular formula is C15H17N5. The van der Waals surface area contributed by atoms with Gasteiger partial charge < -0.3 is 9.88 Å². The molecule has 0 aliphatic carbocycles. The smallest absolute Gasteiger partial charge is 0.115 e. The number of para-hydroxylation sites is 2. The van der Waals surface area contributed by atoms with Crippen LogP contribution < -0.4 is 5.32 Å². The van der Waals surface area contributed by atoms with Crippen molar-refractivity contribution >= 4 is 11.0 Å². The van der Waals surface area contributed by atoms with Crippen LogP contribution in [0.4, 0.5) is 0 Å². The molecule has 0 saturated carbocycles. The largest absolute Gasteiger partial charge is 0.331 e. The van der Waals surface area contributed by atoms with Crippen LogP contribution in [0, 0.1) is 0 Å². The Balaban J connectivity index is 1.94. The van der Waals surface area contributed by atoms with Crippen LogP contribution in [-0.4, -0.2) is 26.6 Å². The fraction of sp³-hybridized carbons (Fsp3) is 0.267. The number of nitrogens with one attached hydrogen (secondary N) is 1. The van der Waals surface area contributed by atoms with Crippen molar-refractivity contribution < 1.29 is 0 Å². The van der Waals surface area contributed by atoms with Gasteiger partial charge in [-0.1, -0.05) is 12.1 Å². The molecule has 0 fully saturated rings. The number of benzene rings is 1. The highest BCUT2D eigenvalue weighted by molar-refractivity contribution is 5.75. The van der Waals surface area contributed by atoms with Crippen molar-refractivity contribution in [3.8, 4) is 0 Å². The lowest BCUT2D eigenvalue weighted by Gasteiger charge is -2.15. The molecule has 2 aromatic heterocycles. The Kier molecular flexibility index (Phi) is 3.43. The van der Waals surface area contributed by atoms with E-state index in [1.807, 2.05) is 31.3 Å². The molecule has 0 amide bonds. The minimum absolute atomic E-state index is 0.133. The molecule has 0 spiro atoms. The molecule has 1 unspecified atom stereocenters. The van der Waals surface area contributed by atoms with Crippen LogP contribution >= 0.6 is 0 Å². The van der Waals surface area contributed by atoms with Crippen LogP contribution in [0.2, 0.25) is 0 Å². The van der Waals surface area contributed by atoms with Crippen LogP contribution in [0.5, 0.6) is 0 Å². The molecule has 3 aromatic rings. The Morgan fingerprint density at radius 3 is 2.80 bits per heavy atom. The van der Waals surface area contributed by atoms with Crippen LogP contribution in [0.1, 0.15) is 17.6 Å². The summed E-state index contributed by atoms with van der Waals surface area (Å²) in [5.74, 6) is 1.05. The van der Waals surface area contributed by atoms with Crippen molar-refractivity contribution in [3.05, 3.63) is 54.4 Å². The molecule has 5 nitrogen and oxygen atoms in total. The third kappa shape index (κ3) is 2.28. The zero-order valence-electron chi connectivity index (χ0n) is 11.6. The summed E-state index contributed by atoms with van der Waals surface area (Å²) < 4.78 is 2.14. The zero-order chi connectivity index (χ0) is 13.9. The maximum Gasteiger partial charge on any atom is 0.115 e. The summed E-state index contributed by atoms with van der Waals surface area (Å²) in [4.78, 5) is 13.0. The minimum atomic E-state index is 0.133. The van der Waals surface area contributed by atoms with Gasteiger partial charge in [0.2, 0.25) is 0 Å². The van der Waals surface area contributed by atoms with Crippen LogP contribution in [-0.2, 0) is 13.5 Å². The van der Waals surface area contributed by atoms with Crippen molar-refractivity contribution in [2.45, 2.75) is 12.5 Å². The second kappa shape index (κ2) is 5.38. The third-order valence-electron chi connectivity index (χ3n) is 3.58. The average Bonchev–Trinajstić information content (AvgIpc) is 2.82. The number of hydrogen-bond acceptors (Lipinski definition) is 4. The highest BCUT2D eigenvalue weighted by Gasteiger charge is 2.15. The molecule has 2 heterocycles. The van der Waals surface area contributed by atoms with E-state index >= 15 is 0 Å². The zero-order valence-corrected chi connectivity index (χ0v) is 11.6. The topological polar surface area (TPSA) is 55.6 Å². The lowest BCUT2D eigenvalue weighted by molar-refractivity contribution is 0.551. The summed E-state index contributed by atoms with van der Waals surface area (Å²) in [6.07, 6.45) is 4.13. The van der Waals surface area contributed by atoms with E-state index in [9.17, 15) is 0 Å². The van der Waals surface area contributed by atoms with Gasteiger partial charge in [0, 0.05) is 19.7 Å². The Morgan fingerprint density at radius 2 is 2.10 bits per heavy atom. The number of aryl methyl sites for hydroxylation is 1. The van der Waals surface area contributed by atoms with E-state index in [1.54, 1.807) is 12.5 Å². The number of imidazole rings is 1. The number of nitrogens with zero attached hydrogens (tertiary/aromatic N) is 4. The van der Waals surface area contributed by atoms with Gasteiger partial charge >= 0.3 is 0 Å². The van der Waals surface area contributed by atoms with Crippen LogP contribution in [0.15, 0.2) is 42.9 Å². The molecular weight excluding hydrogens is 250 g/mol. The Hall–Kier alpha value is -2.27. The van der Waals surface area contributed by atoms with Gasteiger partial charge in [-0.15, -0.1) is 0 Å². The first-order valence-corrected chi connectivity index (χ1v) is 6.63. The number of aromatic nitrogens is 4. The molecule has 0 bridgehead atoms. The fourth-order valence-corrected chi connectivity index (χ4v) is 2.42.